The van der Waals surface area contributed by atoms with Gasteiger partial charge in [-0.2, -0.15) is 0 Å². The lowest BCUT2D eigenvalue weighted by atomic mass is 10.2. The quantitative estimate of drug-likeness (QED) is 0.528. The van der Waals surface area contributed by atoms with Crippen LogP contribution in [-0.4, -0.2) is 24.8 Å². The Morgan fingerprint density at radius 1 is 1.21 bits per heavy atom. The summed E-state index contributed by atoms with van der Waals surface area (Å²) >= 11 is 0. The van der Waals surface area contributed by atoms with Crippen LogP contribution in [0.2, 0.25) is 0 Å². The number of aromatic nitrogens is 1. The highest BCUT2D eigenvalue weighted by atomic mass is 32.2. The molecule has 0 bridgehead atoms. The summed E-state index contributed by atoms with van der Waals surface area (Å²) in [6, 6.07) is 9.48. The van der Waals surface area contributed by atoms with Gasteiger partial charge in [-0.25, -0.2) is 8.42 Å². The first-order valence-electron chi connectivity index (χ1n) is 5.50. The third-order valence-electron chi connectivity index (χ3n) is 2.60. The molecule has 0 aliphatic rings. The van der Waals surface area contributed by atoms with E-state index in [2.05, 4.69) is 10.1 Å². The summed E-state index contributed by atoms with van der Waals surface area (Å²) in [7, 11) is -3.67. The second-order valence-corrected chi connectivity index (χ2v) is 5.87. The average Bonchev–Trinajstić information content (AvgIpc) is 2.40. The zero-order valence-electron chi connectivity index (χ0n) is 10.2. The van der Waals surface area contributed by atoms with Gasteiger partial charge >= 0.3 is 0 Å². The molecule has 1 N–H and O–H groups in total. The van der Waals surface area contributed by atoms with Crippen LogP contribution in [0.3, 0.4) is 0 Å². The molecule has 5 nitrogen and oxygen atoms in total. The van der Waals surface area contributed by atoms with Gasteiger partial charge in [-0.15, -0.1) is 0 Å². The lowest BCUT2D eigenvalue weighted by molar-refractivity contribution is 0.321. The van der Waals surface area contributed by atoms with E-state index in [9.17, 15) is 8.42 Å². The number of aryl methyl sites for hydroxylation is 1. The molecular formula is C13H12N2O3S. The number of hydrogen-bond donors (Lipinski definition) is 1. The van der Waals surface area contributed by atoms with Crippen LogP contribution in [0.5, 0.6) is 0 Å². The Balaban J connectivity index is 2.60. The molecule has 0 aliphatic heterocycles. The van der Waals surface area contributed by atoms with Gasteiger partial charge in [0.2, 0.25) is 9.84 Å². The van der Waals surface area contributed by atoms with E-state index in [0.29, 0.717) is 0 Å². The first-order chi connectivity index (χ1) is 9.05. The standard InChI is InChI=1S/C13H12N2O3S/c1-10-4-6-11(7-5-10)19(17,18)13-3-2-8-14-12(13)9-15-16/h2-9,16H,1H3/b15-9-. The molecule has 2 rings (SSSR count). The molecular weight excluding hydrogens is 264 g/mol. The van der Waals surface area contributed by atoms with Crippen molar-refractivity contribution in [2.24, 2.45) is 5.16 Å². The van der Waals surface area contributed by atoms with Gasteiger partial charge in [0, 0.05) is 6.20 Å². The molecule has 0 amide bonds. The summed E-state index contributed by atoms with van der Waals surface area (Å²) < 4.78 is 24.9. The van der Waals surface area contributed by atoms with Crippen LogP contribution in [0, 0.1) is 6.92 Å². The monoisotopic (exact) mass is 276 g/mol. The van der Waals surface area contributed by atoms with Gasteiger partial charge in [-0.05, 0) is 31.2 Å². The van der Waals surface area contributed by atoms with Gasteiger partial charge in [0.15, 0.2) is 0 Å². The smallest absolute Gasteiger partial charge is 0.208 e. The molecule has 0 spiro atoms. The molecule has 0 radical (unpaired) electrons. The normalized spacial score (nSPS) is 11.8. The van der Waals surface area contributed by atoms with Crippen molar-refractivity contribution in [2.45, 2.75) is 16.7 Å². The van der Waals surface area contributed by atoms with Crippen molar-refractivity contribution in [2.75, 3.05) is 0 Å². The Labute approximate surface area is 111 Å². The molecule has 6 heteroatoms. The topological polar surface area (TPSA) is 79.6 Å². The zero-order valence-corrected chi connectivity index (χ0v) is 11.0. The van der Waals surface area contributed by atoms with Gasteiger partial charge in [0.1, 0.15) is 5.69 Å². The molecule has 0 fully saturated rings. The fraction of sp³-hybridized carbons (Fsp3) is 0.0769. The lowest BCUT2D eigenvalue weighted by Gasteiger charge is -2.06. The maximum Gasteiger partial charge on any atom is 0.208 e. The molecule has 19 heavy (non-hydrogen) atoms. The van der Waals surface area contributed by atoms with Crippen molar-refractivity contribution >= 4 is 16.1 Å². The van der Waals surface area contributed by atoms with E-state index < -0.39 is 9.84 Å². The maximum absolute atomic E-state index is 12.5. The van der Waals surface area contributed by atoms with Gasteiger partial charge in [0.05, 0.1) is 16.0 Å². The Morgan fingerprint density at radius 3 is 2.53 bits per heavy atom. The Kier molecular flexibility index (Phi) is 3.62. The number of hydrogen-bond acceptors (Lipinski definition) is 5. The van der Waals surface area contributed by atoms with Crippen molar-refractivity contribution in [3.8, 4) is 0 Å². The molecule has 98 valence electrons. The van der Waals surface area contributed by atoms with Crippen LogP contribution in [0.4, 0.5) is 0 Å². The first kappa shape index (κ1) is 13.2. The molecule has 1 aromatic heterocycles. The summed E-state index contributed by atoms with van der Waals surface area (Å²) in [5.74, 6) is 0. The fourth-order valence-corrected chi connectivity index (χ4v) is 3.01. The van der Waals surface area contributed by atoms with E-state index in [4.69, 9.17) is 5.21 Å². The highest BCUT2D eigenvalue weighted by Gasteiger charge is 2.21. The SMILES string of the molecule is Cc1ccc(S(=O)(=O)c2cccnc2/C=N\O)cc1. The van der Waals surface area contributed by atoms with Crippen molar-refractivity contribution in [1.29, 1.82) is 0 Å². The number of benzene rings is 1. The molecule has 0 unspecified atom stereocenters. The molecule has 0 atom stereocenters. The van der Waals surface area contributed by atoms with E-state index in [1.165, 1.54) is 30.5 Å². The van der Waals surface area contributed by atoms with Crippen molar-refractivity contribution in [3.05, 3.63) is 53.9 Å². The van der Waals surface area contributed by atoms with E-state index in [1.807, 2.05) is 6.92 Å². The van der Waals surface area contributed by atoms with Crippen LogP contribution in [0.25, 0.3) is 0 Å². The van der Waals surface area contributed by atoms with Crippen LogP contribution < -0.4 is 0 Å². The van der Waals surface area contributed by atoms with Crippen molar-refractivity contribution in [1.82, 2.24) is 4.98 Å². The summed E-state index contributed by atoms with van der Waals surface area (Å²) in [6.45, 7) is 1.88. The summed E-state index contributed by atoms with van der Waals surface area (Å²) in [5.41, 5.74) is 1.08. The molecule has 1 heterocycles. The third-order valence-corrected chi connectivity index (χ3v) is 4.42. The number of sulfone groups is 1. The Bertz CT molecular complexity index is 707. The molecule has 0 saturated heterocycles. The molecule has 0 saturated carbocycles. The largest absolute Gasteiger partial charge is 0.411 e. The molecule has 2 aromatic rings. The average molecular weight is 276 g/mol. The van der Waals surface area contributed by atoms with Gasteiger partial charge in [-0.1, -0.05) is 22.9 Å². The third kappa shape index (κ3) is 2.63. The zero-order chi connectivity index (χ0) is 13.9. The number of nitrogens with zero attached hydrogens (tertiary/aromatic N) is 2. The van der Waals surface area contributed by atoms with E-state index in [0.717, 1.165) is 11.8 Å². The first-order valence-corrected chi connectivity index (χ1v) is 6.98. The minimum Gasteiger partial charge on any atom is -0.411 e. The highest BCUT2D eigenvalue weighted by Crippen LogP contribution is 2.22. The van der Waals surface area contributed by atoms with E-state index in [1.54, 1.807) is 12.1 Å². The minimum atomic E-state index is -3.67. The number of pyridine rings is 1. The van der Waals surface area contributed by atoms with Crippen LogP contribution in [0.15, 0.2) is 57.5 Å². The van der Waals surface area contributed by atoms with Crippen molar-refractivity contribution in [3.63, 3.8) is 0 Å². The second-order valence-electron chi connectivity index (χ2n) is 3.95. The molecule has 1 aromatic carbocycles. The summed E-state index contributed by atoms with van der Waals surface area (Å²) in [6.07, 6.45) is 2.44. The van der Waals surface area contributed by atoms with Crippen molar-refractivity contribution < 1.29 is 13.6 Å². The van der Waals surface area contributed by atoms with E-state index >= 15 is 0 Å². The van der Waals surface area contributed by atoms with Gasteiger partial charge in [-0.3, -0.25) is 4.98 Å². The summed E-state index contributed by atoms with van der Waals surface area (Å²) in [5, 5.41) is 11.4. The van der Waals surface area contributed by atoms with Crippen LogP contribution in [-0.2, 0) is 9.84 Å². The fourth-order valence-electron chi connectivity index (χ4n) is 1.63. The second kappa shape index (κ2) is 5.19. The lowest BCUT2D eigenvalue weighted by Crippen LogP contribution is -2.07. The summed E-state index contributed by atoms with van der Waals surface area (Å²) in [4.78, 5) is 4.08. The Morgan fingerprint density at radius 2 is 1.89 bits per heavy atom. The van der Waals surface area contributed by atoms with E-state index in [-0.39, 0.29) is 15.5 Å². The maximum atomic E-state index is 12.5. The predicted molar refractivity (Wildman–Crippen MR) is 70.2 cm³/mol. The van der Waals surface area contributed by atoms with Crippen LogP contribution >= 0.6 is 0 Å². The molecule has 0 aliphatic carbocycles. The van der Waals surface area contributed by atoms with Gasteiger partial charge in [0.25, 0.3) is 0 Å². The number of rotatable bonds is 3. The van der Waals surface area contributed by atoms with Gasteiger partial charge < -0.3 is 5.21 Å². The predicted octanol–water partition coefficient (Wildman–Crippen LogP) is 2.03. The van der Waals surface area contributed by atoms with Crippen LogP contribution in [0.1, 0.15) is 11.3 Å². The Hall–Kier alpha value is -2.21. The highest BCUT2D eigenvalue weighted by molar-refractivity contribution is 7.91. The minimum absolute atomic E-state index is 0.0108. The number of oxime groups is 1.